The molecule has 1 aromatic carbocycles. The summed E-state index contributed by atoms with van der Waals surface area (Å²) < 4.78 is 15.9. The SMILES string of the molecule is Cn1nnc(-c2ccc(-c3ccc4c(c3)C[C@H]3C(COc5ccon5)OC(=O)N43)cn2)n1. The van der Waals surface area contributed by atoms with Crippen LogP contribution in [-0.4, -0.2) is 55.2 Å². The number of fused-ring (bicyclic) bond motifs is 3. The topological polar surface area (TPSA) is 121 Å². The zero-order chi connectivity index (χ0) is 21.7. The smallest absolute Gasteiger partial charge is 0.415 e. The van der Waals surface area contributed by atoms with E-state index in [0.717, 1.165) is 22.4 Å². The Morgan fingerprint density at radius 1 is 1.19 bits per heavy atom. The lowest BCUT2D eigenvalue weighted by Crippen LogP contribution is -2.36. The summed E-state index contributed by atoms with van der Waals surface area (Å²) in [5, 5.41) is 15.7. The van der Waals surface area contributed by atoms with Gasteiger partial charge in [-0.05, 0) is 46.1 Å². The summed E-state index contributed by atoms with van der Waals surface area (Å²) in [5.74, 6) is 0.843. The van der Waals surface area contributed by atoms with E-state index in [4.69, 9.17) is 14.0 Å². The average molecular weight is 431 g/mol. The van der Waals surface area contributed by atoms with Gasteiger partial charge in [0.2, 0.25) is 5.82 Å². The van der Waals surface area contributed by atoms with Crippen LogP contribution in [0.4, 0.5) is 10.5 Å². The van der Waals surface area contributed by atoms with Crippen LogP contribution in [0.15, 0.2) is 53.4 Å². The highest BCUT2D eigenvalue weighted by Gasteiger charge is 2.47. The molecule has 160 valence electrons. The maximum absolute atomic E-state index is 12.5. The lowest BCUT2D eigenvalue weighted by atomic mass is 10.0. The monoisotopic (exact) mass is 431 g/mol. The van der Waals surface area contributed by atoms with Crippen LogP contribution in [0, 0.1) is 0 Å². The molecular weight excluding hydrogens is 414 g/mol. The lowest BCUT2D eigenvalue weighted by molar-refractivity contribution is 0.0886. The third kappa shape index (κ3) is 3.06. The van der Waals surface area contributed by atoms with Crippen molar-refractivity contribution in [2.75, 3.05) is 11.5 Å². The summed E-state index contributed by atoms with van der Waals surface area (Å²) in [5.41, 5.74) is 4.57. The number of aromatic nitrogens is 6. The van der Waals surface area contributed by atoms with Crippen LogP contribution in [0.25, 0.3) is 22.6 Å². The van der Waals surface area contributed by atoms with Crippen LogP contribution in [0.5, 0.6) is 5.88 Å². The highest BCUT2D eigenvalue weighted by molar-refractivity contribution is 5.94. The Hall–Kier alpha value is -4.28. The molecule has 1 amide bonds. The van der Waals surface area contributed by atoms with Crippen molar-refractivity contribution < 1.29 is 18.8 Å². The number of carbonyl (C=O) groups is 1. The second-order valence-electron chi connectivity index (χ2n) is 7.59. The minimum Gasteiger partial charge on any atom is -0.471 e. The average Bonchev–Trinajstić information content (AvgIpc) is 3.58. The molecule has 11 heteroatoms. The fraction of sp³-hybridized carbons (Fsp3) is 0.238. The van der Waals surface area contributed by atoms with Crippen molar-refractivity contribution in [3.8, 4) is 28.5 Å². The second kappa shape index (κ2) is 7.15. The number of cyclic esters (lactones) is 1. The summed E-state index contributed by atoms with van der Waals surface area (Å²) in [6.45, 7) is 0.210. The number of pyridine rings is 1. The van der Waals surface area contributed by atoms with Gasteiger partial charge in [-0.25, -0.2) is 4.79 Å². The molecule has 2 aliphatic rings. The summed E-state index contributed by atoms with van der Waals surface area (Å²) in [6, 6.07) is 11.3. The van der Waals surface area contributed by atoms with E-state index < -0.39 is 6.10 Å². The molecule has 0 radical (unpaired) electrons. The Morgan fingerprint density at radius 2 is 2.09 bits per heavy atom. The van der Waals surface area contributed by atoms with Crippen molar-refractivity contribution in [2.45, 2.75) is 18.6 Å². The van der Waals surface area contributed by atoms with Gasteiger partial charge in [-0.15, -0.1) is 10.2 Å². The molecule has 2 aliphatic heterocycles. The highest BCUT2D eigenvalue weighted by atomic mass is 16.6. The number of amides is 1. The van der Waals surface area contributed by atoms with Crippen molar-refractivity contribution in [3.05, 3.63) is 54.4 Å². The molecular formula is C21H17N7O4. The molecule has 4 aromatic rings. The van der Waals surface area contributed by atoms with Crippen molar-refractivity contribution in [1.29, 1.82) is 0 Å². The normalized spacial score (nSPS) is 19.0. The minimum absolute atomic E-state index is 0.122. The van der Waals surface area contributed by atoms with Crippen LogP contribution in [0.1, 0.15) is 5.56 Å². The van der Waals surface area contributed by atoms with E-state index >= 15 is 0 Å². The number of nitrogens with zero attached hydrogens (tertiary/aromatic N) is 7. The van der Waals surface area contributed by atoms with Gasteiger partial charge in [0.1, 0.15) is 18.6 Å². The molecule has 2 atom stereocenters. The number of rotatable bonds is 5. The number of ether oxygens (including phenoxy) is 2. The van der Waals surface area contributed by atoms with Gasteiger partial charge in [0.25, 0.3) is 5.88 Å². The number of hydrogen-bond donors (Lipinski definition) is 0. The Balaban J connectivity index is 1.22. The fourth-order valence-electron chi connectivity index (χ4n) is 4.13. The molecule has 0 aliphatic carbocycles. The molecule has 0 saturated carbocycles. The van der Waals surface area contributed by atoms with Crippen LogP contribution < -0.4 is 9.64 Å². The Bertz CT molecular complexity index is 1290. The zero-order valence-corrected chi connectivity index (χ0v) is 17.0. The van der Waals surface area contributed by atoms with Crippen LogP contribution >= 0.6 is 0 Å². The number of tetrazole rings is 1. The quantitative estimate of drug-likeness (QED) is 0.468. The molecule has 1 unspecified atom stereocenters. The lowest BCUT2D eigenvalue weighted by Gasteiger charge is -2.16. The summed E-state index contributed by atoms with van der Waals surface area (Å²) in [7, 11) is 1.71. The van der Waals surface area contributed by atoms with Gasteiger partial charge in [0.05, 0.1) is 18.8 Å². The molecule has 1 fully saturated rings. The molecule has 3 aromatic heterocycles. The van der Waals surface area contributed by atoms with Gasteiger partial charge < -0.3 is 14.0 Å². The van der Waals surface area contributed by atoms with Gasteiger partial charge in [-0.3, -0.25) is 9.88 Å². The van der Waals surface area contributed by atoms with Crippen molar-refractivity contribution in [2.24, 2.45) is 7.05 Å². The van der Waals surface area contributed by atoms with Crippen molar-refractivity contribution in [3.63, 3.8) is 0 Å². The van der Waals surface area contributed by atoms with Crippen molar-refractivity contribution >= 4 is 11.8 Å². The van der Waals surface area contributed by atoms with E-state index in [1.54, 1.807) is 24.2 Å². The number of hydrogen-bond acceptors (Lipinski definition) is 9. The maximum atomic E-state index is 12.5. The van der Waals surface area contributed by atoms with E-state index in [9.17, 15) is 4.79 Å². The van der Waals surface area contributed by atoms with E-state index in [0.29, 0.717) is 23.8 Å². The molecule has 0 spiro atoms. The van der Waals surface area contributed by atoms with Crippen LogP contribution in [0.3, 0.4) is 0 Å². The predicted octanol–water partition coefficient (Wildman–Crippen LogP) is 2.26. The first kappa shape index (κ1) is 18.5. The number of aryl methyl sites for hydroxylation is 1. The van der Waals surface area contributed by atoms with Gasteiger partial charge in [-0.1, -0.05) is 12.1 Å². The van der Waals surface area contributed by atoms with Crippen molar-refractivity contribution in [1.82, 2.24) is 30.3 Å². The Morgan fingerprint density at radius 3 is 2.84 bits per heavy atom. The van der Waals surface area contributed by atoms with Gasteiger partial charge in [-0.2, -0.15) is 4.80 Å². The molecule has 5 heterocycles. The van der Waals surface area contributed by atoms with Gasteiger partial charge >= 0.3 is 6.09 Å². The van der Waals surface area contributed by atoms with E-state index in [1.165, 1.54) is 11.1 Å². The third-order valence-corrected chi connectivity index (χ3v) is 5.62. The maximum Gasteiger partial charge on any atom is 0.415 e. The molecule has 32 heavy (non-hydrogen) atoms. The molecule has 0 bridgehead atoms. The van der Waals surface area contributed by atoms with E-state index in [2.05, 4.69) is 31.6 Å². The highest BCUT2D eigenvalue weighted by Crippen LogP contribution is 2.40. The first-order valence-corrected chi connectivity index (χ1v) is 10.0. The largest absolute Gasteiger partial charge is 0.471 e. The van der Waals surface area contributed by atoms with E-state index in [1.807, 2.05) is 24.3 Å². The molecule has 0 N–H and O–H groups in total. The summed E-state index contributed by atoms with van der Waals surface area (Å²) >= 11 is 0. The van der Waals surface area contributed by atoms with Crippen LogP contribution in [0.2, 0.25) is 0 Å². The number of carbonyl (C=O) groups excluding carboxylic acids is 1. The fourth-order valence-corrected chi connectivity index (χ4v) is 4.13. The Kier molecular flexibility index (Phi) is 4.13. The van der Waals surface area contributed by atoms with Crippen LogP contribution in [-0.2, 0) is 18.2 Å². The van der Waals surface area contributed by atoms with Gasteiger partial charge in [0, 0.05) is 17.8 Å². The zero-order valence-electron chi connectivity index (χ0n) is 17.0. The first-order chi connectivity index (χ1) is 15.7. The standard InChI is InChI=1S/C21H17N7O4/c1-27-24-20(23-26-27)15-4-2-13(10-22-15)12-3-5-16-14(8-12)9-17-18(32-21(29)28(16)17)11-30-19-6-7-31-25-19/h2-8,10,17-18H,9,11H2,1H3/t17-,18?/m0/s1. The number of benzene rings is 1. The predicted molar refractivity (Wildman–Crippen MR) is 110 cm³/mol. The summed E-state index contributed by atoms with van der Waals surface area (Å²) in [6.07, 6.45) is 3.14. The molecule has 1 saturated heterocycles. The summed E-state index contributed by atoms with van der Waals surface area (Å²) in [4.78, 5) is 20.1. The first-order valence-electron chi connectivity index (χ1n) is 10.0. The third-order valence-electron chi connectivity index (χ3n) is 5.62. The minimum atomic E-state index is -0.393. The Labute approximate surface area is 181 Å². The molecule has 11 nitrogen and oxygen atoms in total. The molecule has 6 rings (SSSR count). The second-order valence-corrected chi connectivity index (χ2v) is 7.59. The van der Waals surface area contributed by atoms with E-state index in [-0.39, 0.29) is 18.7 Å². The number of anilines is 1. The van der Waals surface area contributed by atoms with Gasteiger partial charge in [0.15, 0.2) is 6.10 Å².